The van der Waals surface area contributed by atoms with Gasteiger partial charge in [0.1, 0.15) is 5.75 Å². The van der Waals surface area contributed by atoms with Crippen LogP contribution >= 0.6 is 11.3 Å². The molecule has 1 atom stereocenters. The number of hydrogen-bond acceptors (Lipinski definition) is 4. The largest absolute Gasteiger partial charge is 0.508 e. The third kappa shape index (κ3) is 2.03. The molecule has 0 saturated carbocycles. The van der Waals surface area contributed by atoms with E-state index < -0.39 is 0 Å². The normalized spacial score (nSPS) is 18.8. The molecule has 2 N–H and O–H groups in total. The first-order valence-electron chi connectivity index (χ1n) is 5.48. The summed E-state index contributed by atoms with van der Waals surface area (Å²) in [6.07, 6.45) is 0.894. The number of phenols is 1. The van der Waals surface area contributed by atoms with Gasteiger partial charge in [-0.2, -0.15) is 5.10 Å². The summed E-state index contributed by atoms with van der Waals surface area (Å²) in [6, 6.07) is 11.6. The van der Waals surface area contributed by atoms with E-state index in [-0.39, 0.29) is 6.04 Å². The Hall–Kier alpha value is -1.81. The lowest BCUT2D eigenvalue weighted by atomic mass is 10.0. The fourth-order valence-corrected chi connectivity index (χ4v) is 2.66. The third-order valence-corrected chi connectivity index (χ3v) is 3.77. The zero-order valence-electron chi connectivity index (χ0n) is 9.13. The standard InChI is InChI=1S/C13H12N2OS/c16-10-5-3-9(4-6-10)11-8-12(15-14-11)13-2-1-7-17-13/h1-7,11,14,16H,8H2. The zero-order valence-corrected chi connectivity index (χ0v) is 9.95. The summed E-state index contributed by atoms with van der Waals surface area (Å²) in [4.78, 5) is 1.22. The summed E-state index contributed by atoms with van der Waals surface area (Å²) in [5, 5.41) is 15.7. The predicted octanol–water partition coefficient (Wildman–Crippen LogP) is 2.89. The molecule has 2 heterocycles. The molecule has 1 unspecified atom stereocenters. The van der Waals surface area contributed by atoms with E-state index in [0.717, 1.165) is 17.7 Å². The third-order valence-electron chi connectivity index (χ3n) is 2.85. The average Bonchev–Trinajstić information content (AvgIpc) is 3.00. The molecule has 1 aliphatic rings. The summed E-state index contributed by atoms with van der Waals surface area (Å²) in [5.74, 6) is 0.297. The lowest BCUT2D eigenvalue weighted by Crippen LogP contribution is -2.09. The first kappa shape index (κ1) is 10.4. The van der Waals surface area contributed by atoms with Crippen LogP contribution in [0.4, 0.5) is 0 Å². The van der Waals surface area contributed by atoms with E-state index in [4.69, 9.17) is 0 Å². The fourth-order valence-electron chi connectivity index (χ4n) is 1.94. The SMILES string of the molecule is Oc1ccc(C2CC(c3cccs3)=NN2)cc1. The molecular weight excluding hydrogens is 232 g/mol. The Bertz CT molecular complexity index is 531. The van der Waals surface area contributed by atoms with Gasteiger partial charge in [0.05, 0.1) is 16.6 Å². The van der Waals surface area contributed by atoms with Gasteiger partial charge in [0.25, 0.3) is 0 Å². The Morgan fingerprint density at radius 1 is 1.24 bits per heavy atom. The number of phenolic OH excluding ortho intramolecular Hbond substituents is 1. The van der Waals surface area contributed by atoms with Crippen LogP contribution in [-0.2, 0) is 0 Å². The minimum Gasteiger partial charge on any atom is -0.508 e. The molecule has 0 aliphatic carbocycles. The van der Waals surface area contributed by atoms with Gasteiger partial charge in [-0.15, -0.1) is 11.3 Å². The summed E-state index contributed by atoms with van der Waals surface area (Å²) >= 11 is 1.71. The van der Waals surface area contributed by atoms with Crippen molar-refractivity contribution in [3.8, 4) is 5.75 Å². The molecule has 3 rings (SSSR count). The highest BCUT2D eigenvalue weighted by Crippen LogP contribution is 2.26. The molecule has 0 bridgehead atoms. The van der Waals surface area contributed by atoms with Crippen LogP contribution < -0.4 is 5.43 Å². The molecule has 4 heteroatoms. The molecule has 1 aromatic carbocycles. The van der Waals surface area contributed by atoms with E-state index in [9.17, 15) is 5.11 Å². The maximum absolute atomic E-state index is 9.25. The van der Waals surface area contributed by atoms with Gasteiger partial charge >= 0.3 is 0 Å². The Balaban J connectivity index is 1.76. The van der Waals surface area contributed by atoms with Crippen LogP contribution in [0.25, 0.3) is 0 Å². The fraction of sp³-hybridized carbons (Fsp3) is 0.154. The number of nitrogens with zero attached hydrogens (tertiary/aromatic N) is 1. The van der Waals surface area contributed by atoms with Crippen molar-refractivity contribution in [3.63, 3.8) is 0 Å². The van der Waals surface area contributed by atoms with Gasteiger partial charge in [-0.1, -0.05) is 18.2 Å². The zero-order chi connectivity index (χ0) is 11.7. The number of hydrogen-bond donors (Lipinski definition) is 2. The Labute approximate surface area is 103 Å². The van der Waals surface area contributed by atoms with Gasteiger partial charge < -0.3 is 10.5 Å². The van der Waals surface area contributed by atoms with Crippen LogP contribution in [0.1, 0.15) is 22.9 Å². The molecule has 86 valence electrons. The molecule has 17 heavy (non-hydrogen) atoms. The maximum atomic E-state index is 9.25. The Morgan fingerprint density at radius 3 is 2.76 bits per heavy atom. The van der Waals surface area contributed by atoms with Crippen molar-refractivity contribution < 1.29 is 5.11 Å². The average molecular weight is 244 g/mol. The van der Waals surface area contributed by atoms with Crippen molar-refractivity contribution >= 4 is 17.0 Å². The van der Waals surface area contributed by atoms with Gasteiger partial charge in [-0.05, 0) is 29.1 Å². The van der Waals surface area contributed by atoms with Crippen LogP contribution in [0.5, 0.6) is 5.75 Å². The lowest BCUT2D eigenvalue weighted by Gasteiger charge is -2.09. The number of rotatable bonds is 2. The molecule has 3 nitrogen and oxygen atoms in total. The predicted molar refractivity (Wildman–Crippen MR) is 69.5 cm³/mol. The number of aromatic hydroxyl groups is 1. The van der Waals surface area contributed by atoms with Crippen molar-refractivity contribution in [3.05, 3.63) is 52.2 Å². The maximum Gasteiger partial charge on any atom is 0.115 e. The van der Waals surface area contributed by atoms with Gasteiger partial charge in [0.2, 0.25) is 0 Å². The number of benzene rings is 1. The van der Waals surface area contributed by atoms with E-state index in [0.29, 0.717) is 5.75 Å². The second kappa shape index (κ2) is 4.22. The van der Waals surface area contributed by atoms with E-state index in [2.05, 4.69) is 22.0 Å². The molecule has 0 fully saturated rings. The van der Waals surface area contributed by atoms with Crippen molar-refractivity contribution in [1.29, 1.82) is 0 Å². The van der Waals surface area contributed by atoms with Crippen LogP contribution in [0.3, 0.4) is 0 Å². The van der Waals surface area contributed by atoms with Crippen molar-refractivity contribution in [2.45, 2.75) is 12.5 Å². The Morgan fingerprint density at radius 2 is 2.06 bits per heavy atom. The van der Waals surface area contributed by atoms with Crippen LogP contribution in [0, 0.1) is 0 Å². The summed E-state index contributed by atoms with van der Waals surface area (Å²) in [7, 11) is 0. The smallest absolute Gasteiger partial charge is 0.115 e. The van der Waals surface area contributed by atoms with E-state index in [1.54, 1.807) is 23.5 Å². The minimum absolute atomic E-state index is 0.215. The van der Waals surface area contributed by atoms with Crippen LogP contribution in [0.15, 0.2) is 46.9 Å². The first-order valence-corrected chi connectivity index (χ1v) is 6.36. The second-order valence-corrected chi connectivity index (χ2v) is 4.96. The molecule has 2 aromatic rings. The number of nitrogens with one attached hydrogen (secondary N) is 1. The summed E-state index contributed by atoms with van der Waals surface area (Å²) < 4.78 is 0. The van der Waals surface area contributed by atoms with E-state index >= 15 is 0 Å². The highest BCUT2D eigenvalue weighted by Gasteiger charge is 2.21. The van der Waals surface area contributed by atoms with Gasteiger partial charge in [0, 0.05) is 6.42 Å². The highest BCUT2D eigenvalue weighted by molar-refractivity contribution is 7.12. The first-order chi connectivity index (χ1) is 8.33. The molecule has 0 saturated heterocycles. The molecule has 1 aliphatic heterocycles. The summed E-state index contributed by atoms with van der Waals surface area (Å²) in [6.45, 7) is 0. The van der Waals surface area contributed by atoms with E-state index in [1.807, 2.05) is 18.2 Å². The monoisotopic (exact) mass is 244 g/mol. The summed E-state index contributed by atoms with van der Waals surface area (Å²) in [5.41, 5.74) is 5.40. The van der Waals surface area contributed by atoms with Crippen molar-refractivity contribution in [2.75, 3.05) is 0 Å². The molecule has 0 amide bonds. The van der Waals surface area contributed by atoms with Crippen LogP contribution in [-0.4, -0.2) is 10.8 Å². The quantitative estimate of drug-likeness (QED) is 0.853. The lowest BCUT2D eigenvalue weighted by molar-refractivity contribution is 0.474. The van der Waals surface area contributed by atoms with Gasteiger partial charge in [-0.25, -0.2) is 0 Å². The highest BCUT2D eigenvalue weighted by atomic mass is 32.1. The number of hydrazone groups is 1. The Kier molecular flexibility index (Phi) is 2.57. The topological polar surface area (TPSA) is 44.6 Å². The second-order valence-electron chi connectivity index (χ2n) is 4.01. The molecule has 0 radical (unpaired) electrons. The minimum atomic E-state index is 0.215. The molecular formula is C13H12N2OS. The van der Waals surface area contributed by atoms with E-state index in [1.165, 1.54) is 4.88 Å². The molecule has 0 spiro atoms. The molecule has 1 aromatic heterocycles. The van der Waals surface area contributed by atoms with Gasteiger partial charge in [0.15, 0.2) is 0 Å². The van der Waals surface area contributed by atoms with Gasteiger partial charge in [-0.3, -0.25) is 0 Å². The van der Waals surface area contributed by atoms with Crippen LogP contribution in [0.2, 0.25) is 0 Å². The van der Waals surface area contributed by atoms with Crippen molar-refractivity contribution in [2.24, 2.45) is 5.10 Å². The van der Waals surface area contributed by atoms with Crippen molar-refractivity contribution in [1.82, 2.24) is 5.43 Å². The number of thiophene rings is 1.